The number of hydrogen-bond acceptors (Lipinski definition) is 4. The highest BCUT2D eigenvalue weighted by atomic mass is 19.4. The molecule has 1 aromatic carbocycles. The molecule has 1 aromatic heterocycles. The summed E-state index contributed by atoms with van der Waals surface area (Å²) in [5.74, 6) is -2.71. The molecule has 2 atom stereocenters. The Labute approximate surface area is 185 Å². The second kappa shape index (κ2) is 11.1. The summed E-state index contributed by atoms with van der Waals surface area (Å²) >= 11 is 0. The highest BCUT2D eigenvalue weighted by Crippen LogP contribution is 2.28. The Morgan fingerprint density at radius 1 is 1.16 bits per heavy atom. The van der Waals surface area contributed by atoms with Crippen LogP contribution in [0.1, 0.15) is 36.3 Å². The van der Waals surface area contributed by atoms with E-state index < -0.39 is 12.1 Å². The fraction of sp³-hybridized carbons (Fsp3) is 0.435. The van der Waals surface area contributed by atoms with Crippen LogP contribution in [0, 0.1) is 0 Å². The van der Waals surface area contributed by atoms with Crippen LogP contribution in [0.4, 0.5) is 13.2 Å². The molecule has 1 N–H and O–H groups in total. The van der Waals surface area contributed by atoms with E-state index in [0.29, 0.717) is 17.8 Å². The van der Waals surface area contributed by atoms with Crippen LogP contribution >= 0.6 is 0 Å². The lowest BCUT2D eigenvalue weighted by molar-refractivity contribution is -0.192. The quantitative estimate of drug-likeness (QED) is 0.747. The summed E-state index contributed by atoms with van der Waals surface area (Å²) in [5, 5.41) is 7.12. The van der Waals surface area contributed by atoms with Crippen molar-refractivity contribution in [3.63, 3.8) is 0 Å². The Morgan fingerprint density at radius 2 is 1.75 bits per heavy atom. The van der Waals surface area contributed by atoms with Gasteiger partial charge >= 0.3 is 12.1 Å². The van der Waals surface area contributed by atoms with Gasteiger partial charge in [0.15, 0.2) is 0 Å². The van der Waals surface area contributed by atoms with Gasteiger partial charge in [0.25, 0.3) is 5.91 Å². The number of halogens is 3. The predicted molar refractivity (Wildman–Crippen MR) is 114 cm³/mol. The normalized spacial score (nSPS) is 18.4. The molecular weight excluding hydrogens is 423 g/mol. The largest absolute Gasteiger partial charge is 0.490 e. The summed E-state index contributed by atoms with van der Waals surface area (Å²) in [4.78, 5) is 30.6. The number of likely N-dealkylation sites (N-methyl/N-ethyl adjacent to an activating group) is 1. The van der Waals surface area contributed by atoms with E-state index in [1.807, 2.05) is 23.1 Å². The third-order valence-corrected chi connectivity index (χ3v) is 5.52. The first kappa shape index (κ1) is 25.3. The number of pyridine rings is 1. The average molecular weight is 451 g/mol. The predicted octanol–water partition coefficient (Wildman–Crippen LogP) is 3.88. The minimum absolute atomic E-state index is 0.0428. The van der Waals surface area contributed by atoms with Crippen molar-refractivity contribution >= 4 is 11.9 Å². The minimum atomic E-state index is -5.08. The Balaban J connectivity index is 0.000000451. The molecule has 2 heterocycles. The molecule has 6 nitrogen and oxygen atoms in total. The van der Waals surface area contributed by atoms with Gasteiger partial charge in [-0.3, -0.25) is 14.7 Å². The SMILES string of the molecule is CC(C)N(C)[C@@H]1CCN(C(=O)c2ccccn2)[C@H]1Cc1ccccc1.O=C(O)C(F)(F)F. The van der Waals surface area contributed by atoms with Crippen LogP contribution in [0.3, 0.4) is 0 Å². The fourth-order valence-corrected chi connectivity index (χ4v) is 3.69. The van der Waals surface area contributed by atoms with Crippen molar-refractivity contribution in [2.24, 2.45) is 0 Å². The third-order valence-electron chi connectivity index (χ3n) is 5.52. The Hall–Kier alpha value is -2.94. The maximum absolute atomic E-state index is 13.0. The Kier molecular flexibility index (Phi) is 8.77. The number of carboxylic acids is 1. The van der Waals surface area contributed by atoms with Crippen LogP contribution in [-0.4, -0.2) is 69.7 Å². The van der Waals surface area contributed by atoms with Gasteiger partial charge in [-0.15, -0.1) is 0 Å². The molecule has 3 rings (SSSR count). The third kappa shape index (κ3) is 6.78. The lowest BCUT2D eigenvalue weighted by atomic mass is 9.98. The number of rotatable bonds is 5. The maximum Gasteiger partial charge on any atom is 0.490 e. The van der Waals surface area contributed by atoms with Crippen LogP contribution in [-0.2, 0) is 11.2 Å². The number of alkyl halides is 3. The van der Waals surface area contributed by atoms with E-state index in [-0.39, 0.29) is 11.9 Å². The summed E-state index contributed by atoms with van der Waals surface area (Å²) in [6.45, 7) is 5.21. The number of likely N-dealkylation sites (tertiary alicyclic amines) is 1. The van der Waals surface area contributed by atoms with Gasteiger partial charge in [-0.1, -0.05) is 36.4 Å². The van der Waals surface area contributed by atoms with E-state index in [4.69, 9.17) is 9.90 Å². The second-order valence-corrected chi connectivity index (χ2v) is 7.89. The van der Waals surface area contributed by atoms with Crippen molar-refractivity contribution < 1.29 is 27.9 Å². The Morgan fingerprint density at radius 3 is 2.25 bits per heavy atom. The van der Waals surface area contributed by atoms with Crippen LogP contribution in [0.25, 0.3) is 0 Å². The number of hydrogen-bond donors (Lipinski definition) is 1. The fourth-order valence-electron chi connectivity index (χ4n) is 3.69. The lowest BCUT2D eigenvalue weighted by Crippen LogP contribution is -2.48. The van der Waals surface area contributed by atoms with Gasteiger partial charge in [-0.05, 0) is 51.4 Å². The average Bonchev–Trinajstić information content (AvgIpc) is 3.17. The standard InChI is InChI=1S/C21H27N3O.C2HF3O2/c1-16(2)23(3)19-12-14-24(21(25)18-11-7-8-13-22-18)20(19)15-17-9-5-4-6-10-17;3-2(4,5)1(6)7/h4-11,13,16,19-20H,12,14-15H2,1-3H3;(H,6,7)/t19-,20+;/m1./s1. The number of benzene rings is 1. The molecule has 1 aliphatic rings. The monoisotopic (exact) mass is 451 g/mol. The summed E-state index contributed by atoms with van der Waals surface area (Å²) in [7, 11) is 2.17. The van der Waals surface area contributed by atoms with E-state index in [0.717, 1.165) is 19.4 Å². The van der Waals surface area contributed by atoms with Gasteiger partial charge in [-0.2, -0.15) is 13.2 Å². The summed E-state index contributed by atoms with van der Waals surface area (Å²) in [5.41, 5.74) is 1.81. The van der Waals surface area contributed by atoms with Gasteiger partial charge in [0.05, 0.1) is 6.04 Å². The van der Waals surface area contributed by atoms with Crippen molar-refractivity contribution in [1.29, 1.82) is 0 Å². The summed E-state index contributed by atoms with van der Waals surface area (Å²) in [6.07, 6.45) is -1.51. The number of carbonyl (C=O) groups is 2. The number of nitrogens with zero attached hydrogens (tertiary/aromatic N) is 3. The first-order chi connectivity index (χ1) is 15.0. The van der Waals surface area contributed by atoms with Gasteiger partial charge in [0.2, 0.25) is 0 Å². The number of carboxylic acid groups (broad SMARTS) is 1. The molecule has 1 saturated heterocycles. The van der Waals surface area contributed by atoms with Crippen molar-refractivity contribution in [2.45, 2.75) is 51.0 Å². The first-order valence-electron chi connectivity index (χ1n) is 10.3. The molecule has 32 heavy (non-hydrogen) atoms. The minimum Gasteiger partial charge on any atom is -0.475 e. The molecule has 0 spiro atoms. The van der Waals surface area contributed by atoms with Crippen molar-refractivity contribution in [3.8, 4) is 0 Å². The van der Waals surface area contributed by atoms with Gasteiger partial charge in [0.1, 0.15) is 5.69 Å². The number of carbonyl (C=O) groups excluding carboxylic acids is 1. The number of aliphatic carboxylic acids is 1. The van der Waals surface area contributed by atoms with E-state index in [1.54, 1.807) is 12.3 Å². The van der Waals surface area contributed by atoms with E-state index in [9.17, 15) is 18.0 Å². The molecule has 0 bridgehead atoms. The van der Waals surface area contributed by atoms with Gasteiger partial charge in [-0.25, -0.2) is 4.79 Å². The lowest BCUT2D eigenvalue weighted by Gasteiger charge is -2.35. The van der Waals surface area contributed by atoms with Crippen molar-refractivity contribution in [1.82, 2.24) is 14.8 Å². The van der Waals surface area contributed by atoms with Crippen LogP contribution < -0.4 is 0 Å². The van der Waals surface area contributed by atoms with Crippen LogP contribution in [0.5, 0.6) is 0 Å². The summed E-state index contributed by atoms with van der Waals surface area (Å²) in [6, 6.07) is 17.0. The molecule has 2 aromatic rings. The zero-order valence-electron chi connectivity index (χ0n) is 18.3. The highest BCUT2D eigenvalue weighted by Gasteiger charge is 2.40. The number of aromatic nitrogens is 1. The van der Waals surface area contributed by atoms with Crippen LogP contribution in [0.15, 0.2) is 54.7 Å². The van der Waals surface area contributed by atoms with E-state index >= 15 is 0 Å². The molecule has 0 radical (unpaired) electrons. The molecule has 0 aliphatic carbocycles. The zero-order valence-corrected chi connectivity index (χ0v) is 18.3. The first-order valence-corrected chi connectivity index (χ1v) is 10.3. The van der Waals surface area contributed by atoms with Crippen molar-refractivity contribution in [3.05, 3.63) is 66.0 Å². The molecule has 0 unspecified atom stereocenters. The molecule has 1 amide bonds. The molecule has 9 heteroatoms. The molecule has 1 fully saturated rings. The molecule has 0 saturated carbocycles. The smallest absolute Gasteiger partial charge is 0.475 e. The number of amides is 1. The Bertz CT molecular complexity index is 876. The highest BCUT2D eigenvalue weighted by molar-refractivity contribution is 5.92. The van der Waals surface area contributed by atoms with Gasteiger partial charge < -0.3 is 10.0 Å². The van der Waals surface area contributed by atoms with Gasteiger partial charge in [0, 0.05) is 24.8 Å². The van der Waals surface area contributed by atoms with Crippen LogP contribution in [0.2, 0.25) is 0 Å². The molecule has 1 aliphatic heterocycles. The summed E-state index contributed by atoms with van der Waals surface area (Å²) < 4.78 is 31.7. The second-order valence-electron chi connectivity index (χ2n) is 7.89. The molecule has 174 valence electrons. The zero-order chi connectivity index (χ0) is 23.9. The topological polar surface area (TPSA) is 73.7 Å². The van der Waals surface area contributed by atoms with E-state index in [1.165, 1.54) is 5.56 Å². The van der Waals surface area contributed by atoms with Crippen molar-refractivity contribution in [2.75, 3.05) is 13.6 Å². The van der Waals surface area contributed by atoms with E-state index in [2.05, 4.69) is 55.0 Å². The maximum atomic E-state index is 13.0. The molecular formula is C23H28F3N3O3.